The Kier molecular flexibility index (Phi) is 40.9. The number of nitrogens with zero attached hydrogens (tertiary/aromatic N) is 3. The average Bonchev–Trinajstić information content (AvgIpc) is 0.811. The van der Waals surface area contributed by atoms with Gasteiger partial charge in [-0.2, -0.15) is 17.6 Å². The topological polar surface area (TPSA) is 779 Å². The van der Waals surface area contributed by atoms with Crippen molar-refractivity contribution in [1.29, 1.82) is 0 Å². The van der Waals surface area contributed by atoms with Gasteiger partial charge in [-0.05, 0) is 63.3 Å². The van der Waals surface area contributed by atoms with Crippen molar-refractivity contribution in [2.45, 2.75) is 200 Å². The lowest BCUT2D eigenvalue weighted by molar-refractivity contribution is -0.142. The monoisotopic (exact) mass is 1590 g/mol. The highest BCUT2D eigenvalue weighted by atomic mass is 32.1. The summed E-state index contributed by atoms with van der Waals surface area (Å²) in [6.07, 6.45) is -30.1. The van der Waals surface area contributed by atoms with Gasteiger partial charge in [-0.1, -0.05) is 6.92 Å². The van der Waals surface area contributed by atoms with Gasteiger partial charge in [0.1, 0.15) is 91.2 Å². The van der Waals surface area contributed by atoms with Crippen LogP contribution in [0.15, 0.2) is 35.3 Å². The Hall–Kier alpha value is -9.57. The molecule has 3 rings (SSSR count). The minimum atomic E-state index is -2.27. The molecule has 0 radical (unpaired) electrons. The van der Waals surface area contributed by atoms with Crippen molar-refractivity contribution in [3.8, 4) is 0 Å². The maximum atomic E-state index is 14.4. The number of H-pyrrole nitrogens is 1. The SMILES string of the molecule is CC[C@@H](NC(=O)[C@H](CCC(=O)NC[C@H](O)[C@@H](O)[C@H](O)[C@H](O)CO)NC(=O)[C@@H](CC(=O)O)NC(=O)[C@H](CCC(=O)NC[C@H](O)[C@@H](O)[C@H](O)[C@H](O)CO)NC(=O)CC[C@@H](C)NC(=O)c1ccc(NCc2cnc3nc(N)[nH]c(=O)c3n2)cc1)C(=O)N[C@@H](CCC(=O)NC[C@H](O)[C@@H](O)[C@H](O)[C@H](O)CO)C(=O)N[C@H](CS)C(=O)O. The fourth-order valence-electron chi connectivity index (χ4n) is 9.87. The van der Waals surface area contributed by atoms with Gasteiger partial charge in [0.2, 0.25) is 59.1 Å². The third-order valence-corrected chi connectivity index (χ3v) is 16.9. The summed E-state index contributed by atoms with van der Waals surface area (Å²) in [5.74, 6) is -15.6. The van der Waals surface area contributed by atoms with Crippen LogP contribution in [0, 0.1) is 0 Å². The minimum Gasteiger partial charge on any atom is -0.481 e. The molecule has 19 atom stereocenters. The normalized spacial score (nSPS) is 16.6. The number of carbonyl (C=O) groups is 12. The molecule has 0 aliphatic rings. The first-order chi connectivity index (χ1) is 51.8. The molecule has 0 saturated carbocycles. The number of amides is 10. The summed E-state index contributed by atoms with van der Waals surface area (Å²) in [6, 6.07) is -6.36. The summed E-state index contributed by atoms with van der Waals surface area (Å²) in [5.41, 5.74) is 5.99. The number of aliphatic hydroxyl groups is 15. The number of nitrogens with one attached hydrogen (secondary N) is 12. The Morgan fingerprint density at radius 2 is 0.873 bits per heavy atom. The van der Waals surface area contributed by atoms with Crippen molar-refractivity contribution in [1.82, 2.24) is 73.1 Å². The molecule has 10 amide bonds. The molecule has 616 valence electrons. The summed E-state index contributed by atoms with van der Waals surface area (Å²) >= 11 is 3.89. The summed E-state index contributed by atoms with van der Waals surface area (Å²) in [6.45, 7) is -2.73. The first-order valence-corrected chi connectivity index (χ1v) is 34.8. The molecule has 3 aromatic rings. The van der Waals surface area contributed by atoms with Crippen LogP contribution < -0.4 is 69.8 Å². The van der Waals surface area contributed by atoms with Gasteiger partial charge in [0.25, 0.3) is 11.5 Å². The van der Waals surface area contributed by atoms with Gasteiger partial charge in [0.15, 0.2) is 11.2 Å². The quantitative estimate of drug-likeness (QED) is 0.0233. The Bertz CT molecular complexity index is 3610. The van der Waals surface area contributed by atoms with Crippen molar-refractivity contribution in [2.75, 3.05) is 56.3 Å². The number of anilines is 2. The first-order valence-electron chi connectivity index (χ1n) is 34.1. The van der Waals surface area contributed by atoms with E-state index in [0.717, 1.165) is 0 Å². The number of hydrogen-bond donors (Lipinski definition) is 31. The van der Waals surface area contributed by atoms with Gasteiger partial charge in [0.05, 0.1) is 63.0 Å². The van der Waals surface area contributed by atoms with E-state index in [0.29, 0.717) is 11.4 Å². The highest BCUT2D eigenvalue weighted by Crippen LogP contribution is 2.16. The van der Waals surface area contributed by atoms with Crippen molar-refractivity contribution in [3.63, 3.8) is 0 Å². The number of thiol groups is 1. The highest BCUT2D eigenvalue weighted by Gasteiger charge is 2.37. The van der Waals surface area contributed by atoms with Crippen molar-refractivity contribution >= 4 is 106 Å². The van der Waals surface area contributed by atoms with Gasteiger partial charge in [0, 0.05) is 68.4 Å². The van der Waals surface area contributed by atoms with E-state index in [2.05, 4.69) is 91.0 Å². The van der Waals surface area contributed by atoms with Crippen LogP contribution in [0.5, 0.6) is 0 Å². The molecule has 2 heterocycles. The van der Waals surface area contributed by atoms with E-state index < -0.39 is 295 Å². The predicted octanol–water partition coefficient (Wildman–Crippen LogP) is -13.4. The number of nitrogens with two attached hydrogens (primary N) is 1. The number of rotatable bonds is 51. The number of aliphatic hydroxyl groups excluding tert-OH is 15. The lowest BCUT2D eigenvalue weighted by atomic mass is 10.0. The van der Waals surface area contributed by atoms with Gasteiger partial charge < -0.3 is 151 Å². The van der Waals surface area contributed by atoms with Crippen LogP contribution in [-0.2, 0) is 59.3 Å². The third kappa shape index (κ3) is 31.8. The number of aromatic amines is 1. The largest absolute Gasteiger partial charge is 0.481 e. The molecule has 1 aromatic carbocycles. The number of hydrogen-bond acceptors (Lipinski definition) is 34. The number of aliphatic carboxylic acids is 2. The van der Waals surface area contributed by atoms with Gasteiger partial charge in [-0.15, -0.1) is 0 Å². The second kappa shape index (κ2) is 47.5. The molecule has 0 saturated heterocycles. The maximum Gasteiger partial charge on any atom is 0.327 e. The summed E-state index contributed by atoms with van der Waals surface area (Å²) < 4.78 is 0. The van der Waals surface area contributed by atoms with E-state index in [1.807, 2.05) is 0 Å². The fourth-order valence-corrected chi connectivity index (χ4v) is 10.1. The van der Waals surface area contributed by atoms with Crippen LogP contribution in [0.2, 0.25) is 0 Å². The second-order valence-corrected chi connectivity index (χ2v) is 25.6. The molecule has 0 unspecified atom stereocenters. The summed E-state index contributed by atoms with van der Waals surface area (Å²) in [5, 5.41) is 194. The molecular weight excluding hydrogens is 1490 g/mol. The number of fused-ring (bicyclic) bond motifs is 1. The van der Waals surface area contributed by atoms with E-state index in [9.17, 15) is 134 Å². The Balaban J connectivity index is 1.94. The second-order valence-electron chi connectivity index (χ2n) is 25.2. The van der Waals surface area contributed by atoms with Crippen LogP contribution in [0.25, 0.3) is 11.2 Å². The van der Waals surface area contributed by atoms with Gasteiger partial charge in [-0.25, -0.2) is 14.8 Å². The molecule has 0 bridgehead atoms. The number of benzene rings is 1. The molecule has 0 spiro atoms. The number of nitrogen functional groups attached to an aromatic ring is 1. The molecule has 31 N–H and O–H groups in total. The van der Waals surface area contributed by atoms with Crippen LogP contribution >= 0.6 is 12.6 Å². The van der Waals surface area contributed by atoms with Crippen LogP contribution in [-0.4, -0.2) is 339 Å². The maximum absolute atomic E-state index is 14.4. The Morgan fingerprint density at radius 1 is 0.491 bits per heavy atom. The smallest absolute Gasteiger partial charge is 0.327 e. The molecule has 0 aliphatic heterocycles. The van der Waals surface area contributed by atoms with E-state index in [-0.39, 0.29) is 35.6 Å². The van der Waals surface area contributed by atoms with Crippen molar-refractivity contribution < 1.29 is 144 Å². The number of carboxylic acids is 2. The van der Waals surface area contributed by atoms with Crippen molar-refractivity contribution in [3.05, 3.63) is 52.1 Å². The molecule has 0 aliphatic carbocycles. The molecule has 46 nitrogen and oxygen atoms in total. The predicted molar refractivity (Wildman–Crippen MR) is 378 cm³/mol. The molecule has 110 heavy (non-hydrogen) atoms. The van der Waals surface area contributed by atoms with Crippen LogP contribution in [0.1, 0.15) is 94.1 Å². The van der Waals surface area contributed by atoms with E-state index in [1.165, 1.54) is 32.2 Å². The highest BCUT2D eigenvalue weighted by molar-refractivity contribution is 7.80. The standard InChI is InChI=1S/C63H98N16O30S/c1-3-30(56(102)74-33(59(105)77-35(25-110)62(108)109)11-15-44(91)68-21-38(85)50(97)53(100)41(88)24-82)73-58(104)32(10-14-43(90)67-20-37(84)49(96)52(99)40(87)23-81)75-60(106)34(16-46(93)94)76-57(103)31(9-13-42(89)66-19-36(83)48(95)51(98)39(86)22-80)72-45(92)12-4-26(2)70-55(101)27-5-7-28(8-6-27)65-17-29-18-69-54-47(71-29)61(107)79-63(64)78-54/h5-8,18,26,30-41,48-53,65,80-88,95-100,110H,3-4,9-17,19-25H2,1-2H3,(H,66,89)(H,67,90)(H,68,91)(H,70,101)(H,72,92)(H,73,104)(H,74,102)(H,75,106)(H,76,103)(H,77,105)(H,93,94)(H,108,109)(H3,64,69,78,79,107)/t26-,30-,31+,32+,33+,34-,35-,36+,37+,38+,39-,40-,41-,48-,49-,50-,51-,52-,53-/m1/s1. The third-order valence-electron chi connectivity index (χ3n) is 16.5. The minimum absolute atomic E-state index is 0.0314. The van der Waals surface area contributed by atoms with Crippen LogP contribution in [0.4, 0.5) is 11.6 Å². The Morgan fingerprint density at radius 3 is 1.28 bits per heavy atom. The van der Waals surface area contributed by atoms with E-state index in [1.54, 1.807) is 12.1 Å². The van der Waals surface area contributed by atoms with Gasteiger partial charge in [-0.3, -0.25) is 62.5 Å². The number of aromatic nitrogens is 4. The van der Waals surface area contributed by atoms with E-state index >= 15 is 0 Å². The zero-order chi connectivity index (χ0) is 82.8. The molecule has 0 fully saturated rings. The summed E-state index contributed by atoms with van der Waals surface area (Å²) in [7, 11) is 0. The van der Waals surface area contributed by atoms with Gasteiger partial charge >= 0.3 is 11.9 Å². The van der Waals surface area contributed by atoms with Crippen molar-refractivity contribution in [2.24, 2.45) is 0 Å². The molecule has 47 heteroatoms. The van der Waals surface area contributed by atoms with E-state index in [4.69, 9.17) is 21.1 Å². The molecular formula is C63H98N16O30S. The zero-order valence-electron chi connectivity index (χ0n) is 59.4. The lowest BCUT2D eigenvalue weighted by Gasteiger charge is -2.27. The Labute approximate surface area is 630 Å². The van der Waals surface area contributed by atoms with Crippen LogP contribution in [0.3, 0.4) is 0 Å². The zero-order valence-corrected chi connectivity index (χ0v) is 60.3. The lowest BCUT2D eigenvalue weighted by Crippen LogP contribution is -2.60. The average molecular weight is 1590 g/mol. The first kappa shape index (κ1) is 94.6. The fraction of sp³-hybridized carbons (Fsp3) is 0.619. The number of carbonyl (C=O) groups excluding carboxylic acids is 10. The molecule has 2 aromatic heterocycles. The number of carboxylic acid groups (broad SMARTS) is 2. The summed E-state index contributed by atoms with van der Waals surface area (Å²) in [4.78, 5) is 189.